The molecule has 0 spiro atoms. The summed E-state index contributed by atoms with van der Waals surface area (Å²) in [5, 5.41) is 7.14. The van der Waals surface area contributed by atoms with Gasteiger partial charge in [0, 0.05) is 23.2 Å². The van der Waals surface area contributed by atoms with Crippen molar-refractivity contribution in [3.8, 4) is 0 Å². The van der Waals surface area contributed by atoms with Crippen LogP contribution in [0.3, 0.4) is 0 Å². The maximum Gasteiger partial charge on any atom is 0.275 e. The average molecular weight is 275 g/mol. The third-order valence-electron chi connectivity index (χ3n) is 2.39. The maximum absolute atomic E-state index is 11.8. The second kappa shape index (κ2) is 6.10. The Morgan fingerprint density at radius 3 is 2.63 bits per heavy atom. The van der Waals surface area contributed by atoms with Crippen LogP contribution in [0.1, 0.15) is 23.8 Å². The third kappa shape index (κ3) is 3.62. The van der Waals surface area contributed by atoms with Crippen LogP contribution >= 0.6 is 11.3 Å². The molecule has 1 aromatic carbocycles. The SMILES string of the molecule is CCC(=O)Nc1cccc(NC(=O)c2cscn2)c1. The standard InChI is InChI=1S/C13H13N3O2S/c1-2-12(17)15-9-4-3-5-10(6-9)16-13(18)11-7-19-8-14-11/h3-8H,2H2,1H3,(H,15,17)(H,16,18). The van der Waals surface area contributed by atoms with E-state index in [0.717, 1.165) is 0 Å². The molecule has 0 aliphatic heterocycles. The molecule has 19 heavy (non-hydrogen) atoms. The van der Waals surface area contributed by atoms with Crippen molar-refractivity contribution in [2.24, 2.45) is 0 Å². The molecule has 6 heteroatoms. The summed E-state index contributed by atoms with van der Waals surface area (Å²) < 4.78 is 0. The number of nitrogens with one attached hydrogen (secondary N) is 2. The van der Waals surface area contributed by atoms with Crippen LogP contribution < -0.4 is 10.6 Å². The number of hydrogen-bond donors (Lipinski definition) is 2. The lowest BCUT2D eigenvalue weighted by Gasteiger charge is -2.07. The molecule has 98 valence electrons. The molecule has 0 saturated carbocycles. The maximum atomic E-state index is 11.8. The molecule has 2 amide bonds. The van der Waals surface area contributed by atoms with Crippen LogP contribution in [0.5, 0.6) is 0 Å². The summed E-state index contributed by atoms with van der Waals surface area (Å²) in [5.41, 5.74) is 3.26. The minimum absolute atomic E-state index is 0.0667. The first-order chi connectivity index (χ1) is 9.19. The summed E-state index contributed by atoms with van der Waals surface area (Å²) in [6.07, 6.45) is 0.412. The highest BCUT2D eigenvalue weighted by atomic mass is 32.1. The van der Waals surface area contributed by atoms with Gasteiger partial charge in [-0.3, -0.25) is 9.59 Å². The summed E-state index contributed by atoms with van der Waals surface area (Å²) in [5.74, 6) is -0.330. The highest BCUT2D eigenvalue weighted by Crippen LogP contribution is 2.16. The van der Waals surface area contributed by atoms with Gasteiger partial charge in [-0.05, 0) is 18.2 Å². The van der Waals surface area contributed by atoms with Gasteiger partial charge in [0.15, 0.2) is 0 Å². The molecule has 5 nitrogen and oxygen atoms in total. The Labute approximate surface area is 114 Å². The van der Waals surface area contributed by atoms with Crippen molar-refractivity contribution in [3.63, 3.8) is 0 Å². The number of carbonyl (C=O) groups is 2. The van der Waals surface area contributed by atoms with Crippen molar-refractivity contribution in [3.05, 3.63) is 40.8 Å². The molecule has 2 N–H and O–H groups in total. The molecule has 1 heterocycles. The van der Waals surface area contributed by atoms with E-state index in [9.17, 15) is 9.59 Å². The lowest BCUT2D eigenvalue weighted by atomic mass is 10.2. The molecule has 0 unspecified atom stereocenters. The number of hydrogen-bond acceptors (Lipinski definition) is 4. The summed E-state index contributed by atoms with van der Waals surface area (Å²) in [6.45, 7) is 1.78. The van der Waals surface area contributed by atoms with E-state index < -0.39 is 0 Å². The normalized spacial score (nSPS) is 9.95. The fourth-order valence-corrected chi connectivity index (χ4v) is 1.98. The first kappa shape index (κ1) is 13.2. The van der Waals surface area contributed by atoms with E-state index in [1.807, 2.05) is 0 Å². The van der Waals surface area contributed by atoms with Crippen molar-refractivity contribution in [1.82, 2.24) is 4.98 Å². The number of carbonyl (C=O) groups excluding carboxylic acids is 2. The zero-order chi connectivity index (χ0) is 13.7. The Morgan fingerprint density at radius 1 is 1.26 bits per heavy atom. The number of rotatable bonds is 4. The smallest absolute Gasteiger partial charge is 0.275 e. The van der Waals surface area contributed by atoms with Crippen LogP contribution in [0.4, 0.5) is 11.4 Å². The van der Waals surface area contributed by atoms with E-state index in [-0.39, 0.29) is 11.8 Å². The molecular formula is C13H13N3O2S. The molecule has 2 rings (SSSR count). The predicted molar refractivity (Wildman–Crippen MR) is 75.4 cm³/mol. The zero-order valence-electron chi connectivity index (χ0n) is 10.3. The van der Waals surface area contributed by atoms with Gasteiger partial charge >= 0.3 is 0 Å². The van der Waals surface area contributed by atoms with Crippen molar-refractivity contribution < 1.29 is 9.59 Å². The Balaban J connectivity index is 2.07. The van der Waals surface area contributed by atoms with E-state index in [0.29, 0.717) is 23.5 Å². The quantitative estimate of drug-likeness (QED) is 0.901. The average Bonchev–Trinajstić information content (AvgIpc) is 2.93. The van der Waals surface area contributed by atoms with Crippen LogP contribution in [0.15, 0.2) is 35.2 Å². The molecule has 0 saturated heterocycles. The molecule has 0 aliphatic rings. The predicted octanol–water partition coefficient (Wildman–Crippen LogP) is 2.74. The fourth-order valence-electron chi connectivity index (χ4n) is 1.44. The molecule has 2 aromatic rings. The van der Waals surface area contributed by atoms with Gasteiger partial charge in [-0.2, -0.15) is 0 Å². The van der Waals surface area contributed by atoms with Gasteiger partial charge in [-0.15, -0.1) is 11.3 Å². The number of amides is 2. The summed E-state index contributed by atoms with van der Waals surface area (Å²) >= 11 is 1.36. The van der Waals surface area contributed by atoms with E-state index in [1.165, 1.54) is 11.3 Å². The number of anilines is 2. The zero-order valence-corrected chi connectivity index (χ0v) is 11.2. The Bertz CT molecular complexity index is 581. The van der Waals surface area contributed by atoms with Gasteiger partial charge in [0.25, 0.3) is 5.91 Å². The van der Waals surface area contributed by atoms with Crippen molar-refractivity contribution in [2.75, 3.05) is 10.6 Å². The molecule has 0 aliphatic carbocycles. The highest BCUT2D eigenvalue weighted by Gasteiger charge is 2.08. The topological polar surface area (TPSA) is 71.1 Å². The van der Waals surface area contributed by atoms with Crippen molar-refractivity contribution in [2.45, 2.75) is 13.3 Å². The van der Waals surface area contributed by atoms with Crippen LogP contribution in [0.2, 0.25) is 0 Å². The lowest BCUT2D eigenvalue weighted by molar-refractivity contribution is -0.115. The number of benzene rings is 1. The summed E-state index contributed by atoms with van der Waals surface area (Å²) in [4.78, 5) is 27.0. The van der Waals surface area contributed by atoms with Crippen LogP contribution in [-0.2, 0) is 4.79 Å². The Kier molecular flexibility index (Phi) is 4.25. The highest BCUT2D eigenvalue weighted by molar-refractivity contribution is 7.07. The number of aromatic nitrogens is 1. The number of nitrogens with zero attached hydrogens (tertiary/aromatic N) is 1. The van der Waals surface area contributed by atoms with Gasteiger partial charge in [-0.25, -0.2) is 4.98 Å². The second-order valence-corrected chi connectivity index (χ2v) is 4.53. The molecule has 1 aromatic heterocycles. The molecule has 0 bridgehead atoms. The first-order valence-electron chi connectivity index (χ1n) is 5.78. The van der Waals surface area contributed by atoms with Crippen LogP contribution in [0, 0.1) is 0 Å². The monoisotopic (exact) mass is 275 g/mol. The largest absolute Gasteiger partial charge is 0.326 e. The molecule has 0 radical (unpaired) electrons. The molecular weight excluding hydrogens is 262 g/mol. The lowest BCUT2D eigenvalue weighted by Crippen LogP contribution is -2.13. The van der Waals surface area contributed by atoms with E-state index >= 15 is 0 Å². The minimum Gasteiger partial charge on any atom is -0.326 e. The van der Waals surface area contributed by atoms with Gasteiger partial charge in [0.2, 0.25) is 5.91 Å². The molecule has 0 fully saturated rings. The van der Waals surface area contributed by atoms with Crippen molar-refractivity contribution >= 4 is 34.5 Å². The van der Waals surface area contributed by atoms with Gasteiger partial charge in [-0.1, -0.05) is 13.0 Å². The Hall–Kier alpha value is -2.21. The summed E-state index contributed by atoms with van der Waals surface area (Å²) in [7, 11) is 0. The van der Waals surface area contributed by atoms with Gasteiger partial charge < -0.3 is 10.6 Å². The second-order valence-electron chi connectivity index (χ2n) is 3.81. The number of thiazole rings is 1. The Morgan fingerprint density at radius 2 is 2.00 bits per heavy atom. The fraction of sp³-hybridized carbons (Fsp3) is 0.154. The van der Waals surface area contributed by atoms with E-state index in [1.54, 1.807) is 42.1 Å². The van der Waals surface area contributed by atoms with Crippen molar-refractivity contribution in [1.29, 1.82) is 0 Å². The van der Waals surface area contributed by atoms with Crippen LogP contribution in [0.25, 0.3) is 0 Å². The third-order valence-corrected chi connectivity index (χ3v) is 2.98. The van der Waals surface area contributed by atoms with E-state index in [4.69, 9.17) is 0 Å². The van der Waals surface area contributed by atoms with Gasteiger partial charge in [0.1, 0.15) is 5.69 Å². The van der Waals surface area contributed by atoms with Gasteiger partial charge in [0.05, 0.1) is 5.51 Å². The minimum atomic E-state index is -0.264. The molecule has 0 atom stereocenters. The van der Waals surface area contributed by atoms with Crippen LogP contribution in [-0.4, -0.2) is 16.8 Å². The summed E-state index contributed by atoms with van der Waals surface area (Å²) in [6, 6.07) is 7.00. The van der Waals surface area contributed by atoms with E-state index in [2.05, 4.69) is 15.6 Å². The first-order valence-corrected chi connectivity index (χ1v) is 6.72.